The third-order valence-electron chi connectivity index (χ3n) is 1.78. The van der Waals surface area contributed by atoms with E-state index in [4.69, 9.17) is 10.5 Å². The van der Waals surface area contributed by atoms with E-state index in [2.05, 4.69) is 5.32 Å². The molecule has 0 heterocycles. The Balaban J connectivity index is 3.46. The van der Waals surface area contributed by atoms with E-state index in [9.17, 15) is 4.79 Å². The summed E-state index contributed by atoms with van der Waals surface area (Å²) in [6.45, 7) is 3.50. The molecule has 0 rings (SSSR count). The fourth-order valence-electron chi connectivity index (χ4n) is 1.04. The quantitative estimate of drug-likeness (QED) is 0.546. The smallest absolute Gasteiger partial charge is 0.234 e. The molecule has 0 aromatic rings. The van der Waals surface area contributed by atoms with Crippen molar-refractivity contribution >= 4 is 17.7 Å². The van der Waals surface area contributed by atoms with Gasteiger partial charge >= 0.3 is 0 Å². The molecule has 0 fully saturated rings. The summed E-state index contributed by atoms with van der Waals surface area (Å²) in [5, 5.41) is 3.05. The van der Waals surface area contributed by atoms with E-state index >= 15 is 0 Å². The first-order valence-electron chi connectivity index (χ1n) is 4.81. The minimum absolute atomic E-state index is 0.185. The highest BCUT2D eigenvalue weighted by Crippen LogP contribution is 2.04. The van der Waals surface area contributed by atoms with Crippen molar-refractivity contribution in [2.24, 2.45) is 5.73 Å². The third kappa shape index (κ3) is 7.17. The molecule has 0 spiro atoms. The van der Waals surface area contributed by atoms with E-state index in [0.717, 1.165) is 31.1 Å². The van der Waals surface area contributed by atoms with Gasteiger partial charge in [-0.25, -0.2) is 0 Å². The number of ether oxygens (including phenoxy) is 1. The Morgan fingerprint density at radius 2 is 2.29 bits per heavy atom. The Morgan fingerprint density at radius 1 is 1.57 bits per heavy atom. The van der Waals surface area contributed by atoms with Crippen LogP contribution >= 0.6 is 11.8 Å². The summed E-state index contributed by atoms with van der Waals surface area (Å²) < 4.78 is 4.92. The van der Waals surface area contributed by atoms with E-state index in [1.54, 1.807) is 18.9 Å². The third-order valence-corrected chi connectivity index (χ3v) is 2.76. The lowest BCUT2D eigenvalue weighted by molar-refractivity contribution is -0.120. The van der Waals surface area contributed by atoms with Crippen LogP contribution in [-0.2, 0) is 9.53 Å². The molecule has 4 nitrogen and oxygen atoms in total. The van der Waals surface area contributed by atoms with Crippen LogP contribution in [-0.4, -0.2) is 43.7 Å². The van der Waals surface area contributed by atoms with Gasteiger partial charge in [0.2, 0.25) is 5.91 Å². The minimum atomic E-state index is -0.265. The highest BCUT2D eigenvalue weighted by atomic mass is 32.2. The van der Waals surface area contributed by atoms with Crippen LogP contribution in [0.25, 0.3) is 0 Å². The van der Waals surface area contributed by atoms with E-state index in [-0.39, 0.29) is 11.9 Å². The lowest BCUT2D eigenvalue weighted by Crippen LogP contribution is -2.41. The van der Waals surface area contributed by atoms with E-state index < -0.39 is 0 Å². The first-order valence-corrected chi connectivity index (χ1v) is 5.97. The standard InChI is InChI=1S/C9H20N2O2S/c1-3-11-8(9(10)12)4-6-14-7-5-13-2/h8,11H,3-7H2,1-2H3,(H2,10,12). The number of likely N-dealkylation sites (N-methyl/N-ethyl adjacent to an activating group) is 1. The average molecular weight is 220 g/mol. The second-order valence-electron chi connectivity index (χ2n) is 2.91. The second-order valence-corrected chi connectivity index (χ2v) is 4.13. The van der Waals surface area contributed by atoms with Crippen molar-refractivity contribution in [1.82, 2.24) is 5.32 Å². The van der Waals surface area contributed by atoms with Gasteiger partial charge in [0, 0.05) is 12.9 Å². The molecule has 0 aliphatic carbocycles. The monoisotopic (exact) mass is 220 g/mol. The summed E-state index contributed by atoms with van der Waals surface area (Å²) >= 11 is 1.78. The first-order chi connectivity index (χ1) is 6.72. The molecule has 0 aliphatic heterocycles. The molecule has 0 saturated heterocycles. The molecule has 14 heavy (non-hydrogen) atoms. The number of thioether (sulfide) groups is 1. The van der Waals surface area contributed by atoms with Gasteiger partial charge in [0.15, 0.2) is 0 Å². The van der Waals surface area contributed by atoms with Gasteiger partial charge in [-0.2, -0.15) is 11.8 Å². The van der Waals surface area contributed by atoms with Crippen LogP contribution in [0.2, 0.25) is 0 Å². The lowest BCUT2D eigenvalue weighted by atomic mass is 10.2. The predicted molar refractivity (Wildman–Crippen MR) is 60.5 cm³/mol. The number of primary amides is 1. The van der Waals surface area contributed by atoms with Gasteiger partial charge in [-0.15, -0.1) is 0 Å². The number of rotatable bonds is 9. The largest absolute Gasteiger partial charge is 0.384 e. The number of hydrogen-bond donors (Lipinski definition) is 2. The van der Waals surface area contributed by atoms with Crippen LogP contribution in [0.1, 0.15) is 13.3 Å². The van der Waals surface area contributed by atoms with Crippen molar-refractivity contribution in [1.29, 1.82) is 0 Å². The van der Waals surface area contributed by atoms with Crippen LogP contribution in [0.4, 0.5) is 0 Å². The van der Waals surface area contributed by atoms with Crippen LogP contribution < -0.4 is 11.1 Å². The molecule has 84 valence electrons. The molecule has 0 aromatic heterocycles. The Kier molecular flexibility index (Phi) is 9.13. The molecule has 5 heteroatoms. The number of carbonyl (C=O) groups is 1. The van der Waals surface area contributed by atoms with Gasteiger partial charge < -0.3 is 15.8 Å². The van der Waals surface area contributed by atoms with E-state index in [0.29, 0.717) is 0 Å². The molecule has 0 radical (unpaired) electrons. The summed E-state index contributed by atoms with van der Waals surface area (Å²) in [6, 6.07) is -0.185. The van der Waals surface area contributed by atoms with Crippen LogP contribution in [0.5, 0.6) is 0 Å². The van der Waals surface area contributed by atoms with Crippen molar-refractivity contribution in [3.05, 3.63) is 0 Å². The van der Waals surface area contributed by atoms with Gasteiger partial charge in [-0.3, -0.25) is 4.79 Å². The first kappa shape index (κ1) is 13.7. The Bertz CT molecular complexity index is 156. The van der Waals surface area contributed by atoms with Crippen molar-refractivity contribution in [3.63, 3.8) is 0 Å². The van der Waals surface area contributed by atoms with E-state index in [1.165, 1.54) is 0 Å². The SMILES string of the molecule is CCNC(CCSCCOC)C(N)=O. The molecule has 0 aromatic carbocycles. The Hall–Kier alpha value is -0.260. The number of hydrogen-bond acceptors (Lipinski definition) is 4. The number of nitrogens with two attached hydrogens (primary N) is 1. The number of nitrogens with one attached hydrogen (secondary N) is 1. The van der Waals surface area contributed by atoms with Gasteiger partial charge in [-0.05, 0) is 18.7 Å². The van der Waals surface area contributed by atoms with E-state index in [1.807, 2.05) is 6.92 Å². The molecule has 0 aliphatic rings. The maximum Gasteiger partial charge on any atom is 0.234 e. The number of methoxy groups -OCH3 is 1. The molecule has 1 amide bonds. The maximum atomic E-state index is 10.9. The second kappa shape index (κ2) is 9.30. The number of carbonyl (C=O) groups excluding carboxylic acids is 1. The summed E-state index contributed by atoms with van der Waals surface area (Å²) in [4.78, 5) is 10.9. The summed E-state index contributed by atoms with van der Waals surface area (Å²) in [6.07, 6.45) is 0.789. The molecular formula is C9H20N2O2S. The lowest BCUT2D eigenvalue weighted by Gasteiger charge is -2.13. The highest BCUT2D eigenvalue weighted by Gasteiger charge is 2.12. The molecular weight excluding hydrogens is 200 g/mol. The molecule has 0 saturated carbocycles. The zero-order chi connectivity index (χ0) is 10.8. The molecule has 1 atom stereocenters. The predicted octanol–water partition coefficient (Wildman–Crippen LogP) is 0.220. The van der Waals surface area contributed by atoms with Crippen LogP contribution in [0.15, 0.2) is 0 Å². The van der Waals surface area contributed by atoms with Crippen molar-refractivity contribution in [2.45, 2.75) is 19.4 Å². The van der Waals surface area contributed by atoms with Gasteiger partial charge in [0.05, 0.1) is 12.6 Å². The average Bonchev–Trinajstić information content (AvgIpc) is 2.15. The van der Waals surface area contributed by atoms with Crippen molar-refractivity contribution < 1.29 is 9.53 Å². The van der Waals surface area contributed by atoms with Gasteiger partial charge in [-0.1, -0.05) is 6.92 Å². The minimum Gasteiger partial charge on any atom is -0.384 e. The molecule has 1 unspecified atom stereocenters. The normalized spacial score (nSPS) is 12.7. The van der Waals surface area contributed by atoms with Crippen LogP contribution in [0, 0.1) is 0 Å². The maximum absolute atomic E-state index is 10.9. The molecule has 3 N–H and O–H groups in total. The summed E-state index contributed by atoms with van der Waals surface area (Å²) in [5.74, 6) is 1.64. The molecule has 0 bridgehead atoms. The topological polar surface area (TPSA) is 64.3 Å². The van der Waals surface area contributed by atoms with Crippen LogP contribution in [0.3, 0.4) is 0 Å². The fourth-order valence-corrected chi connectivity index (χ4v) is 1.93. The summed E-state index contributed by atoms with van der Waals surface area (Å²) in [5.41, 5.74) is 5.23. The van der Waals surface area contributed by atoms with Crippen molar-refractivity contribution in [3.8, 4) is 0 Å². The zero-order valence-corrected chi connectivity index (χ0v) is 9.73. The Morgan fingerprint density at radius 3 is 2.79 bits per heavy atom. The Labute approximate surface area is 89.9 Å². The fraction of sp³-hybridized carbons (Fsp3) is 0.889. The zero-order valence-electron chi connectivity index (χ0n) is 8.91. The van der Waals surface area contributed by atoms with Crippen molar-refractivity contribution in [2.75, 3.05) is 31.8 Å². The summed E-state index contributed by atoms with van der Waals surface area (Å²) in [7, 11) is 1.69. The number of amides is 1. The van der Waals surface area contributed by atoms with Gasteiger partial charge in [0.25, 0.3) is 0 Å². The highest BCUT2D eigenvalue weighted by molar-refractivity contribution is 7.99. The van der Waals surface area contributed by atoms with Gasteiger partial charge in [0.1, 0.15) is 0 Å².